The molecule has 7 nitrogen and oxygen atoms in total. The highest BCUT2D eigenvalue weighted by Crippen LogP contribution is 2.38. The smallest absolute Gasteiger partial charge is 0.294 e. The normalized spacial score (nSPS) is 11.5. The highest BCUT2D eigenvalue weighted by atomic mass is 35.5. The van der Waals surface area contributed by atoms with E-state index < -0.39 is 10.1 Å². The number of phenolic OH excluding ortho intramolecular Hbond substituents is 1. The first kappa shape index (κ1) is 23.8. The number of imidazole rings is 1. The minimum Gasteiger partial charge on any atom is -0.507 e. The molecule has 0 saturated carbocycles. The summed E-state index contributed by atoms with van der Waals surface area (Å²) in [7, 11) is -2.88. The van der Waals surface area contributed by atoms with Crippen LogP contribution in [0.2, 0.25) is 5.02 Å². The van der Waals surface area contributed by atoms with E-state index in [2.05, 4.69) is 9.97 Å². The maximum absolute atomic E-state index is 11.5. The zero-order valence-corrected chi connectivity index (χ0v) is 20.0. The third kappa shape index (κ3) is 4.17. The second-order valence-electron chi connectivity index (χ2n) is 7.48. The molecule has 0 aliphatic rings. The van der Waals surface area contributed by atoms with Crippen LogP contribution in [0.5, 0.6) is 11.5 Å². The van der Waals surface area contributed by atoms with Gasteiger partial charge in [-0.15, -0.1) is 12.4 Å². The summed E-state index contributed by atoms with van der Waals surface area (Å²) in [4.78, 5) is 7.50. The lowest BCUT2D eigenvalue weighted by molar-refractivity contribution is 0.416. The number of aromatic hydroxyl groups is 1. The molecule has 0 unspecified atom stereocenters. The molecule has 0 amide bonds. The molecule has 5 rings (SSSR count). The van der Waals surface area contributed by atoms with E-state index in [0.717, 1.165) is 17.2 Å². The molecule has 174 valence electrons. The number of nitrogens with zero attached hydrogens (tertiary/aromatic N) is 1. The van der Waals surface area contributed by atoms with E-state index in [0.29, 0.717) is 44.0 Å². The number of methoxy groups -OCH3 is 1. The first-order valence-electron chi connectivity index (χ1n) is 9.82. The maximum atomic E-state index is 11.5. The second kappa shape index (κ2) is 8.81. The summed E-state index contributed by atoms with van der Waals surface area (Å²) < 4.78 is 38.0. The predicted molar refractivity (Wildman–Crippen MR) is 135 cm³/mol. The molecule has 0 bridgehead atoms. The van der Waals surface area contributed by atoms with Crippen LogP contribution in [0.1, 0.15) is 0 Å². The number of rotatable bonds is 4. The number of H-pyrrole nitrogens is 1. The van der Waals surface area contributed by atoms with Crippen molar-refractivity contribution in [3.8, 4) is 34.0 Å². The Morgan fingerprint density at radius 3 is 2.35 bits per heavy atom. The van der Waals surface area contributed by atoms with Gasteiger partial charge in [-0.2, -0.15) is 8.42 Å². The number of fused-ring (bicyclic) bond motifs is 3. The van der Waals surface area contributed by atoms with Gasteiger partial charge in [0.15, 0.2) is 0 Å². The lowest BCUT2D eigenvalue weighted by Gasteiger charge is -2.09. The molecule has 0 radical (unpaired) electrons. The van der Waals surface area contributed by atoms with Gasteiger partial charge < -0.3 is 14.8 Å². The highest BCUT2D eigenvalue weighted by Gasteiger charge is 2.18. The Balaban J connectivity index is 0.00000274. The lowest BCUT2D eigenvalue weighted by atomic mass is 10.0. The summed E-state index contributed by atoms with van der Waals surface area (Å²) in [6.45, 7) is 0. The van der Waals surface area contributed by atoms with Crippen LogP contribution < -0.4 is 4.74 Å². The van der Waals surface area contributed by atoms with Crippen molar-refractivity contribution in [2.45, 2.75) is 4.90 Å². The second-order valence-corrected chi connectivity index (χ2v) is 9.34. The Morgan fingerprint density at radius 1 is 0.971 bits per heavy atom. The maximum Gasteiger partial charge on any atom is 0.294 e. The number of aromatic nitrogens is 2. The molecular weight excluding hydrogens is 499 g/mol. The van der Waals surface area contributed by atoms with Gasteiger partial charge in [0, 0.05) is 11.1 Å². The van der Waals surface area contributed by atoms with Gasteiger partial charge in [0.2, 0.25) is 0 Å². The van der Waals surface area contributed by atoms with Crippen LogP contribution in [0, 0.1) is 0 Å². The molecule has 3 N–H and O–H groups in total. The van der Waals surface area contributed by atoms with Gasteiger partial charge in [-0.25, -0.2) is 4.98 Å². The standard InChI is InChI=1S/C24H17ClN2O5S.ClH/c1-32-21-11-14(13-2-6-16(25)7-3-13)4-8-18(21)24-26-19-9-5-15-10-17(33(29,30)31)12-20(28)22(15)23(19)27-24;/h2-12,28H,1H3,(H,26,27)(H,29,30,31);1H. The Hall–Kier alpha value is -3.30. The fraction of sp³-hybridized carbons (Fsp3) is 0.0417. The van der Waals surface area contributed by atoms with Gasteiger partial charge in [0.25, 0.3) is 10.1 Å². The summed E-state index contributed by atoms with van der Waals surface area (Å²) in [5, 5.41) is 12.0. The largest absolute Gasteiger partial charge is 0.507 e. The van der Waals surface area contributed by atoms with E-state index >= 15 is 0 Å². The van der Waals surface area contributed by atoms with Crippen LogP contribution in [-0.4, -0.2) is 35.2 Å². The minimum absolute atomic E-state index is 0. The summed E-state index contributed by atoms with van der Waals surface area (Å²) in [6.07, 6.45) is 0. The number of hydrogen-bond donors (Lipinski definition) is 3. The van der Waals surface area contributed by atoms with Crippen molar-refractivity contribution in [3.63, 3.8) is 0 Å². The molecule has 0 aliphatic heterocycles. The van der Waals surface area contributed by atoms with Crippen molar-refractivity contribution in [3.05, 3.63) is 71.8 Å². The zero-order valence-electron chi connectivity index (χ0n) is 17.6. The average molecular weight is 517 g/mol. The van der Waals surface area contributed by atoms with Gasteiger partial charge in [0.05, 0.1) is 28.5 Å². The molecule has 10 heteroatoms. The number of benzene rings is 4. The number of hydrogen-bond acceptors (Lipinski definition) is 5. The summed E-state index contributed by atoms with van der Waals surface area (Å²) in [5.41, 5.74) is 3.76. The van der Waals surface area contributed by atoms with E-state index in [4.69, 9.17) is 16.3 Å². The zero-order chi connectivity index (χ0) is 23.3. The molecule has 0 saturated heterocycles. The minimum atomic E-state index is -4.46. The molecule has 1 heterocycles. The number of phenols is 1. The van der Waals surface area contributed by atoms with E-state index in [1.807, 2.05) is 42.5 Å². The van der Waals surface area contributed by atoms with Crippen LogP contribution in [-0.2, 0) is 10.1 Å². The van der Waals surface area contributed by atoms with Gasteiger partial charge in [-0.3, -0.25) is 4.55 Å². The van der Waals surface area contributed by atoms with Crippen LogP contribution >= 0.6 is 24.0 Å². The lowest BCUT2D eigenvalue weighted by Crippen LogP contribution is -1.97. The van der Waals surface area contributed by atoms with Crippen LogP contribution in [0.3, 0.4) is 0 Å². The molecule has 34 heavy (non-hydrogen) atoms. The quantitative estimate of drug-likeness (QED) is 0.249. The summed E-state index contributed by atoms with van der Waals surface area (Å²) in [5.74, 6) is 0.827. The Bertz CT molecular complexity index is 1650. The number of aromatic amines is 1. The van der Waals surface area contributed by atoms with E-state index in [9.17, 15) is 18.1 Å². The molecule has 1 aromatic heterocycles. The van der Waals surface area contributed by atoms with Crippen molar-refractivity contribution < 1.29 is 22.8 Å². The highest BCUT2D eigenvalue weighted by molar-refractivity contribution is 7.85. The van der Waals surface area contributed by atoms with Crippen molar-refractivity contribution in [1.82, 2.24) is 9.97 Å². The van der Waals surface area contributed by atoms with Gasteiger partial charge in [0.1, 0.15) is 22.8 Å². The average Bonchev–Trinajstić information content (AvgIpc) is 3.22. The molecular formula is C24H18Cl2N2O5S. The van der Waals surface area contributed by atoms with Crippen molar-refractivity contribution in [2.24, 2.45) is 0 Å². The van der Waals surface area contributed by atoms with Crippen molar-refractivity contribution in [2.75, 3.05) is 7.11 Å². The van der Waals surface area contributed by atoms with E-state index in [1.54, 1.807) is 19.2 Å². The monoisotopic (exact) mass is 516 g/mol. The Labute approximate surface area is 206 Å². The summed E-state index contributed by atoms with van der Waals surface area (Å²) in [6, 6.07) is 18.9. The predicted octanol–water partition coefficient (Wildman–Crippen LogP) is 6.09. The molecule has 0 aliphatic carbocycles. The molecule has 0 atom stereocenters. The first-order valence-corrected chi connectivity index (χ1v) is 11.6. The van der Waals surface area contributed by atoms with Crippen LogP contribution in [0.15, 0.2) is 71.6 Å². The van der Waals surface area contributed by atoms with Crippen LogP contribution in [0.4, 0.5) is 0 Å². The third-order valence-corrected chi connectivity index (χ3v) is 6.54. The molecule has 4 aromatic carbocycles. The molecule has 0 spiro atoms. The SMILES string of the molecule is COc1cc(-c2ccc(Cl)cc2)ccc1-c1nc2c(ccc3cc(S(=O)(=O)O)cc(O)c32)[nH]1.Cl. The fourth-order valence-electron chi connectivity index (χ4n) is 3.87. The van der Waals surface area contributed by atoms with Gasteiger partial charge >= 0.3 is 0 Å². The topological polar surface area (TPSA) is 113 Å². The Kier molecular flexibility index (Phi) is 6.18. The molecule has 0 fully saturated rings. The fourth-order valence-corrected chi connectivity index (χ4v) is 4.53. The Morgan fingerprint density at radius 2 is 1.68 bits per heavy atom. The third-order valence-electron chi connectivity index (χ3n) is 5.45. The van der Waals surface area contributed by atoms with Gasteiger partial charge in [-0.05, 0) is 52.9 Å². The van der Waals surface area contributed by atoms with Crippen molar-refractivity contribution >= 4 is 55.9 Å². The number of ether oxygens (including phenoxy) is 1. The van der Waals surface area contributed by atoms with E-state index in [-0.39, 0.29) is 23.1 Å². The summed E-state index contributed by atoms with van der Waals surface area (Å²) >= 11 is 5.99. The first-order chi connectivity index (χ1) is 15.7. The van der Waals surface area contributed by atoms with Crippen LogP contribution in [0.25, 0.3) is 44.3 Å². The molecule has 5 aromatic rings. The van der Waals surface area contributed by atoms with E-state index in [1.165, 1.54) is 6.07 Å². The number of halogens is 2. The van der Waals surface area contributed by atoms with Gasteiger partial charge in [-0.1, -0.05) is 35.9 Å². The number of nitrogens with one attached hydrogen (secondary N) is 1. The van der Waals surface area contributed by atoms with Crippen molar-refractivity contribution in [1.29, 1.82) is 0 Å².